The number of cyclic esters (lactones) is 1. The van der Waals surface area contributed by atoms with Gasteiger partial charge in [-0.3, -0.25) is 9.69 Å². The van der Waals surface area contributed by atoms with Gasteiger partial charge >= 0.3 is 12.2 Å². The largest absolute Gasteiger partial charge is 0.444 e. The number of amides is 3. The minimum absolute atomic E-state index is 0.0462. The third-order valence-corrected chi connectivity index (χ3v) is 6.68. The number of rotatable bonds is 4. The van der Waals surface area contributed by atoms with E-state index in [2.05, 4.69) is 0 Å². The Hall–Kier alpha value is -2.61. The summed E-state index contributed by atoms with van der Waals surface area (Å²) in [5, 5.41) is 11.1. The number of aliphatic hydroxyl groups excluding tert-OH is 1. The van der Waals surface area contributed by atoms with Crippen LogP contribution in [-0.2, 0) is 14.3 Å². The summed E-state index contributed by atoms with van der Waals surface area (Å²) in [5.41, 5.74) is 0.158. The quantitative estimate of drug-likeness (QED) is 0.764. The van der Waals surface area contributed by atoms with Crippen molar-refractivity contribution in [1.82, 2.24) is 9.80 Å². The first-order valence-corrected chi connectivity index (χ1v) is 11.3. The van der Waals surface area contributed by atoms with Gasteiger partial charge in [0.15, 0.2) is 0 Å². The lowest BCUT2D eigenvalue weighted by Gasteiger charge is -2.35. The van der Waals surface area contributed by atoms with Crippen LogP contribution in [0.3, 0.4) is 0 Å². The predicted molar refractivity (Wildman–Crippen MR) is 116 cm³/mol. The summed E-state index contributed by atoms with van der Waals surface area (Å²) in [7, 11) is 0. The zero-order chi connectivity index (χ0) is 23.4. The lowest BCUT2D eigenvalue weighted by molar-refractivity contribution is -0.138. The topological polar surface area (TPSA) is 96.4 Å². The van der Waals surface area contributed by atoms with Crippen LogP contribution in [0.4, 0.5) is 9.59 Å². The lowest BCUT2D eigenvalue weighted by atomic mass is 9.93. The number of carbonyl (C=O) groups is 3. The fourth-order valence-corrected chi connectivity index (χ4v) is 4.93. The van der Waals surface area contributed by atoms with Crippen LogP contribution in [0.2, 0.25) is 0 Å². The molecule has 3 fully saturated rings. The average molecular weight is 445 g/mol. The first-order chi connectivity index (χ1) is 15.0. The molecule has 2 aliphatic heterocycles. The summed E-state index contributed by atoms with van der Waals surface area (Å²) in [4.78, 5) is 41.3. The second kappa shape index (κ2) is 8.06. The molecule has 1 aromatic rings. The number of imide groups is 1. The molecule has 1 aliphatic carbocycles. The zero-order valence-electron chi connectivity index (χ0n) is 19.2. The van der Waals surface area contributed by atoms with Gasteiger partial charge in [-0.2, -0.15) is 0 Å². The fourth-order valence-electron chi connectivity index (χ4n) is 4.93. The minimum atomic E-state index is -1.11. The molecule has 0 bridgehead atoms. The van der Waals surface area contributed by atoms with Crippen molar-refractivity contribution in [1.29, 1.82) is 0 Å². The van der Waals surface area contributed by atoms with E-state index >= 15 is 0 Å². The monoisotopic (exact) mass is 444 g/mol. The standard InChI is InChI=1S/C24H32N2O6/c1-13(19(27)18-12-16-11-17(16)26(18)23(30)32-24(3,4)5)21(28)25-14(2)20(31-22(25)29)15-9-7-6-8-10-15/h6-10,13-14,16-20,27H,11-12H2,1-5H3/t13-,14-,16?,17?,18?,19-,20-/m1/s1. The number of hydrogen-bond donors (Lipinski definition) is 1. The highest BCUT2D eigenvalue weighted by atomic mass is 16.6. The number of nitrogens with zero attached hydrogens (tertiary/aromatic N) is 2. The predicted octanol–water partition coefficient (Wildman–Crippen LogP) is 3.49. The molecule has 3 amide bonds. The van der Waals surface area contributed by atoms with Gasteiger partial charge in [-0.1, -0.05) is 37.3 Å². The first kappa shape index (κ1) is 22.6. The Labute approximate surface area is 188 Å². The molecule has 1 N–H and O–H groups in total. The van der Waals surface area contributed by atoms with Crippen LogP contribution in [0, 0.1) is 11.8 Å². The van der Waals surface area contributed by atoms with Crippen LogP contribution in [-0.4, -0.2) is 62.8 Å². The molecule has 32 heavy (non-hydrogen) atoms. The van der Waals surface area contributed by atoms with E-state index in [1.165, 1.54) is 0 Å². The third kappa shape index (κ3) is 4.08. The Morgan fingerprint density at radius 3 is 2.47 bits per heavy atom. The number of hydrogen-bond acceptors (Lipinski definition) is 6. The van der Waals surface area contributed by atoms with Crippen LogP contribution in [0.1, 0.15) is 59.1 Å². The van der Waals surface area contributed by atoms with E-state index in [0.717, 1.165) is 16.9 Å². The van der Waals surface area contributed by atoms with E-state index in [1.807, 2.05) is 30.3 Å². The number of aliphatic hydroxyl groups is 1. The summed E-state index contributed by atoms with van der Waals surface area (Å²) < 4.78 is 11.0. The summed E-state index contributed by atoms with van der Waals surface area (Å²) in [6, 6.07) is 8.29. The van der Waals surface area contributed by atoms with E-state index in [0.29, 0.717) is 12.3 Å². The summed E-state index contributed by atoms with van der Waals surface area (Å²) in [5.74, 6) is -1.06. The molecule has 3 unspecified atom stereocenters. The van der Waals surface area contributed by atoms with Crippen molar-refractivity contribution in [2.45, 2.75) is 83.4 Å². The first-order valence-electron chi connectivity index (χ1n) is 11.3. The minimum Gasteiger partial charge on any atom is -0.444 e. The smallest absolute Gasteiger partial charge is 0.417 e. The maximum absolute atomic E-state index is 13.3. The van der Waals surface area contributed by atoms with Crippen LogP contribution >= 0.6 is 0 Å². The number of carbonyl (C=O) groups excluding carboxylic acids is 3. The maximum atomic E-state index is 13.3. The van der Waals surface area contributed by atoms with E-state index in [4.69, 9.17) is 9.47 Å². The van der Waals surface area contributed by atoms with E-state index < -0.39 is 53.9 Å². The van der Waals surface area contributed by atoms with Gasteiger partial charge in [-0.25, -0.2) is 14.5 Å². The van der Waals surface area contributed by atoms with E-state index in [1.54, 1.807) is 39.5 Å². The Morgan fingerprint density at radius 2 is 1.84 bits per heavy atom. The van der Waals surface area contributed by atoms with Crippen LogP contribution < -0.4 is 0 Å². The van der Waals surface area contributed by atoms with Crippen molar-refractivity contribution >= 4 is 18.1 Å². The number of benzene rings is 1. The van der Waals surface area contributed by atoms with E-state index in [-0.39, 0.29) is 6.04 Å². The highest BCUT2D eigenvalue weighted by Gasteiger charge is 2.58. The number of fused-ring (bicyclic) bond motifs is 1. The molecular weight excluding hydrogens is 412 g/mol. The normalized spacial score (nSPS) is 31.1. The summed E-state index contributed by atoms with van der Waals surface area (Å²) in [6.07, 6.45) is -1.35. The second-order valence-electron chi connectivity index (χ2n) is 10.2. The molecule has 1 aromatic carbocycles. The second-order valence-corrected chi connectivity index (χ2v) is 10.2. The highest BCUT2D eigenvalue weighted by molar-refractivity contribution is 5.95. The SMILES string of the molecule is C[C@@H]1[C@H](c2ccccc2)OC(=O)N1C(=O)[C@H](C)[C@@H](O)C1CC2CC2N1C(=O)OC(C)(C)C. The fraction of sp³-hybridized carbons (Fsp3) is 0.625. The zero-order valence-corrected chi connectivity index (χ0v) is 19.2. The van der Waals surface area contributed by atoms with Crippen molar-refractivity contribution < 1.29 is 29.0 Å². The Bertz CT molecular complexity index is 898. The van der Waals surface area contributed by atoms with Gasteiger partial charge in [0.1, 0.15) is 11.7 Å². The molecule has 0 radical (unpaired) electrons. The van der Waals surface area contributed by atoms with Crippen molar-refractivity contribution in [2.75, 3.05) is 0 Å². The van der Waals surface area contributed by atoms with Crippen molar-refractivity contribution in [3.8, 4) is 0 Å². The molecule has 0 aromatic heterocycles. The van der Waals surface area contributed by atoms with Gasteiger partial charge in [0.2, 0.25) is 5.91 Å². The molecule has 7 atom stereocenters. The highest BCUT2D eigenvalue weighted by Crippen LogP contribution is 2.50. The van der Waals surface area contributed by atoms with Gasteiger partial charge < -0.3 is 14.6 Å². The molecular formula is C24H32N2O6. The molecule has 174 valence electrons. The van der Waals surface area contributed by atoms with Crippen LogP contribution in [0.25, 0.3) is 0 Å². The molecule has 4 rings (SSSR count). The van der Waals surface area contributed by atoms with Crippen molar-refractivity contribution in [3.63, 3.8) is 0 Å². The van der Waals surface area contributed by atoms with Gasteiger partial charge in [-0.05, 0) is 52.0 Å². The van der Waals surface area contributed by atoms with E-state index in [9.17, 15) is 19.5 Å². The molecule has 1 saturated carbocycles. The lowest BCUT2D eigenvalue weighted by Crippen LogP contribution is -2.52. The average Bonchev–Trinajstić information content (AvgIpc) is 3.28. The number of ether oxygens (including phenoxy) is 2. The molecule has 8 nitrogen and oxygen atoms in total. The van der Waals surface area contributed by atoms with Crippen molar-refractivity contribution in [3.05, 3.63) is 35.9 Å². The molecule has 0 spiro atoms. The van der Waals surface area contributed by atoms with Crippen LogP contribution in [0.5, 0.6) is 0 Å². The summed E-state index contributed by atoms with van der Waals surface area (Å²) in [6.45, 7) is 8.75. The van der Waals surface area contributed by atoms with Gasteiger partial charge in [0.25, 0.3) is 0 Å². The Morgan fingerprint density at radius 1 is 1.19 bits per heavy atom. The molecule has 2 saturated heterocycles. The van der Waals surface area contributed by atoms with Gasteiger partial charge in [0.05, 0.1) is 24.1 Å². The third-order valence-electron chi connectivity index (χ3n) is 6.68. The molecule has 8 heteroatoms. The molecule has 2 heterocycles. The van der Waals surface area contributed by atoms with Gasteiger partial charge in [-0.15, -0.1) is 0 Å². The Kier molecular flexibility index (Phi) is 5.69. The van der Waals surface area contributed by atoms with Gasteiger partial charge in [0, 0.05) is 6.04 Å². The van der Waals surface area contributed by atoms with Crippen LogP contribution in [0.15, 0.2) is 30.3 Å². The van der Waals surface area contributed by atoms with Crippen molar-refractivity contribution in [2.24, 2.45) is 11.8 Å². The Balaban J connectivity index is 1.47. The number of piperidine rings is 1. The number of likely N-dealkylation sites (tertiary alicyclic amines) is 1. The molecule has 3 aliphatic rings. The maximum Gasteiger partial charge on any atom is 0.417 e. The summed E-state index contributed by atoms with van der Waals surface area (Å²) >= 11 is 0.